The van der Waals surface area contributed by atoms with Crippen LogP contribution >= 0.6 is 0 Å². The van der Waals surface area contributed by atoms with E-state index < -0.39 is 11.7 Å². The Balaban J connectivity index is 1.43. The van der Waals surface area contributed by atoms with Crippen molar-refractivity contribution in [2.75, 3.05) is 45.7 Å². The number of halogens is 3. The minimum atomic E-state index is -4.45. The fourth-order valence-corrected chi connectivity index (χ4v) is 5.23. The first-order chi connectivity index (χ1) is 17.7. The lowest BCUT2D eigenvalue weighted by Crippen LogP contribution is -2.56. The molecule has 0 spiro atoms. The summed E-state index contributed by atoms with van der Waals surface area (Å²) in [6, 6.07) is 9.16. The van der Waals surface area contributed by atoms with Crippen LogP contribution in [0.5, 0.6) is 11.5 Å². The number of ether oxygens (including phenoxy) is 2. The first-order valence-electron chi connectivity index (χ1n) is 12.4. The van der Waals surface area contributed by atoms with Gasteiger partial charge in [-0.2, -0.15) is 13.2 Å². The molecule has 2 fully saturated rings. The molecule has 200 valence electrons. The Morgan fingerprint density at radius 2 is 1.49 bits per heavy atom. The Kier molecular flexibility index (Phi) is 8.26. The predicted octanol–water partition coefficient (Wildman–Crippen LogP) is 4.68. The molecule has 2 aromatic carbocycles. The second kappa shape index (κ2) is 11.4. The highest BCUT2D eigenvalue weighted by Gasteiger charge is 2.38. The highest BCUT2D eigenvalue weighted by atomic mass is 19.4. The van der Waals surface area contributed by atoms with Gasteiger partial charge in [-0.05, 0) is 43.0 Å². The van der Waals surface area contributed by atoms with Crippen LogP contribution in [0.1, 0.15) is 41.6 Å². The molecule has 7 nitrogen and oxygen atoms in total. The van der Waals surface area contributed by atoms with Gasteiger partial charge in [-0.1, -0.05) is 12.8 Å². The van der Waals surface area contributed by atoms with Crippen LogP contribution in [0.4, 0.5) is 18.9 Å². The molecule has 1 saturated heterocycles. The zero-order valence-corrected chi connectivity index (χ0v) is 21.0. The van der Waals surface area contributed by atoms with Crippen molar-refractivity contribution >= 4 is 17.5 Å². The van der Waals surface area contributed by atoms with Crippen molar-refractivity contribution in [3.05, 3.63) is 53.6 Å². The summed E-state index contributed by atoms with van der Waals surface area (Å²) in [7, 11) is 3.10. The van der Waals surface area contributed by atoms with Gasteiger partial charge in [-0.15, -0.1) is 0 Å². The quantitative estimate of drug-likeness (QED) is 0.576. The Morgan fingerprint density at radius 3 is 2.00 bits per heavy atom. The normalized spacial score (nSPS) is 17.9. The lowest BCUT2D eigenvalue weighted by atomic mass is 9.94. The standard InChI is InChI=1S/C27H32F3N3O4/c1-36-22-15-21(16-23(17-22)37-2)31-25(34)24(18-5-3-4-6-18)32-11-13-33(14-12-32)26(35)19-7-9-20(10-8-19)27(28,29)30/h7-10,15-18,24H,3-6,11-14H2,1-2H3,(H,31,34). The summed E-state index contributed by atoms with van der Waals surface area (Å²) >= 11 is 0. The molecule has 2 aliphatic rings. The molecule has 10 heteroatoms. The number of hydrogen-bond acceptors (Lipinski definition) is 5. The van der Waals surface area contributed by atoms with Crippen molar-refractivity contribution in [2.24, 2.45) is 5.92 Å². The van der Waals surface area contributed by atoms with E-state index in [0.29, 0.717) is 43.4 Å². The molecule has 1 aliphatic carbocycles. The van der Waals surface area contributed by atoms with E-state index in [-0.39, 0.29) is 29.3 Å². The number of nitrogens with one attached hydrogen (secondary N) is 1. The first-order valence-corrected chi connectivity index (χ1v) is 12.4. The van der Waals surface area contributed by atoms with E-state index in [9.17, 15) is 22.8 Å². The van der Waals surface area contributed by atoms with E-state index in [4.69, 9.17) is 9.47 Å². The van der Waals surface area contributed by atoms with Crippen LogP contribution in [0, 0.1) is 5.92 Å². The van der Waals surface area contributed by atoms with Gasteiger partial charge in [-0.25, -0.2) is 0 Å². The van der Waals surface area contributed by atoms with Gasteiger partial charge in [0.1, 0.15) is 11.5 Å². The topological polar surface area (TPSA) is 71.1 Å². The number of methoxy groups -OCH3 is 2. The van der Waals surface area contributed by atoms with Crippen LogP contribution in [-0.4, -0.2) is 68.1 Å². The Labute approximate surface area is 214 Å². The molecule has 0 bridgehead atoms. The molecule has 2 amide bonds. The molecular weight excluding hydrogens is 487 g/mol. The van der Waals surface area contributed by atoms with Crippen molar-refractivity contribution < 1.29 is 32.2 Å². The van der Waals surface area contributed by atoms with E-state index >= 15 is 0 Å². The third-order valence-corrected chi connectivity index (χ3v) is 7.19. The number of benzene rings is 2. The molecular formula is C27H32F3N3O4. The molecule has 1 aliphatic heterocycles. The Bertz CT molecular complexity index is 1070. The number of carbonyl (C=O) groups excluding carboxylic acids is 2. The summed E-state index contributed by atoms with van der Waals surface area (Å²) in [5.41, 5.74) is 0.0202. The van der Waals surface area contributed by atoms with Gasteiger partial charge < -0.3 is 19.7 Å². The minimum Gasteiger partial charge on any atom is -0.497 e. The number of anilines is 1. The molecule has 1 heterocycles. The van der Waals surface area contributed by atoms with Gasteiger partial charge in [0.15, 0.2) is 0 Å². The lowest BCUT2D eigenvalue weighted by Gasteiger charge is -2.40. The SMILES string of the molecule is COc1cc(NC(=O)C(C2CCCC2)N2CCN(C(=O)c3ccc(C(F)(F)F)cc3)CC2)cc(OC)c1. The zero-order valence-electron chi connectivity index (χ0n) is 21.0. The second-order valence-electron chi connectivity index (χ2n) is 9.48. The van der Waals surface area contributed by atoms with Gasteiger partial charge in [0.05, 0.1) is 25.8 Å². The number of amides is 2. The molecule has 1 saturated carbocycles. The van der Waals surface area contributed by atoms with Crippen LogP contribution < -0.4 is 14.8 Å². The Hall–Kier alpha value is -3.27. The van der Waals surface area contributed by atoms with E-state index in [1.165, 1.54) is 12.1 Å². The summed E-state index contributed by atoms with van der Waals surface area (Å²) in [6.07, 6.45) is -0.366. The maximum Gasteiger partial charge on any atom is 0.416 e. The predicted molar refractivity (Wildman–Crippen MR) is 133 cm³/mol. The van der Waals surface area contributed by atoms with Crippen molar-refractivity contribution in [3.63, 3.8) is 0 Å². The van der Waals surface area contributed by atoms with E-state index in [1.54, 1.807) is 37.3 Å². The highest BCUT2D eigenvalue weighted by Crippen LogP contribution is 2.33. The van der Waals surface area contributed by atoms with Gasteiger partial charge in [0.2, 0.25) is 5.91 Å². The molecule has 0 aromatic heterocycles. The number of hydrogen-bond donors (Lipinski definition) is 1. The summed E-state index contributed by atoms with van der Waals surface area (Å²) in [5.74, 6) is 0.943. The smallest absolute Gasteiger partial charge is 0.416 e. The van der Waals surface area contributed by atoms with Crippen molar-refractivity contribution in [2.45, 2.75) is 37.9 Å². The van der Waals surface area contributed by atoms with E-state index in [2.05, 4.69) is 10.2 Å². The maximum atomic E-state index is 13.5. The number of rotatable bonds is 7. The van der Waals surface area contributed by atoms with Crippen molar-refractivity contribution in [1.29, 1.82) is 0 Å². The van der Waals surface area contributed by atoms with Gasteiger partial charge in [0, 0.05) is 55.6 Å². The van der Waals surface area contributed by atoms with Crippen molar-refractivity contribution in [3.8, 4) is 11.5 Å². The number of alkyl halides is 3. The number of piperazine rings is 1. The zero-order chi connectivity index (χ0) is 26.6. The molecule has 0 radical (unpaired) electrons. The van der Waals surface area contributed by atoms with Gasteiger partial charge >= 0.3 is 6.18 Å². The maximum absolute atomic E-state index is 13.5. The summed E-state index contributed by atoms with van der Waals surface area (Å²) in [6.45, 7) is 1.79. The largest absolute Gasteiger partial charge is 0.497 e. The molecule has 1 N–H and O–H groups in total. The molecule has 37 heavy (non-hydrogen) atoms. The van der Waals surface area contributed by atoms with Crippen molar-refractivity contribution in [1.82, 2.24) is 9.80 Å². The van der Waals surface area contributed by atoms with Gasteiger partial charge in [-0.3, -0.25) is 14.5 Å². The van der Waals surface area contributed by atoms with Crippen LogP contribution in [0.2, 0.25) is 0 Å². The average Bonchev–Trinajstić information content (AvgIpc) is 3.42. The summed E-state index contributed by atoms with van der Waals surface area (Å²) in [5, 5.41) is 3.03. The van der Waals surface area contributed by atoms with Crippen LogP contribution in [0.25, 0.3) is 0 Å². The van der Waals surface area contributed by atoms with Gasteiger partial charge in [0.25, 0.3) is 5.91 Å². The summed E-state index contributed by atoms with van der Waals surface area (Å²) < 4.78 is 49.2. The van der Waals surface area contributed by atoms with E-state index in [1.807, 2.05) is 0 Å². The molecule has 2 aromatic rings. The summed E-state index contributed by atoms with van der Waals surface area (Å²) in [4.78, 5) is 30.2. The minimum absolute atomic E-state index is 0.107. The second-order valence-corrected chi connectivity index (χ2v) is 9.48. The van der Waals surface area contributed by atoms with E-state index in [0.717, 1.165) is 37.8 Å². The molecule has 4 rings (SSSR count). The third kappa shape index (κ3) is 6.36. The number of carbonyl (C=O) groups is 2. The third-order valence-electron chi connectivity index (χ3n) is 7.19. The molecule has 1 atom stereocenters. The highest BCUT2D eigenvalue weighted by molar-refractivity contribution is 5.96. The van der Waals surface area contributed by atoms with Crippen LogP contribution in [0.15, 0.2) is 42.5 Å². The fraction of sp³-hybridized carbons (Fsp3) is 0.481. The number of nitrogens with zero attached hydrogens (tertiary/aromatic N) is 2. The first kappa shape index (κ1) is 26.8. The average molecular weight is 520 g/mol. The monoisotopic (exact) mass is 519 g/mol. The van der Waals surface area contributed by atoms with Crippen LogP contribution in [0.3, 0.4) is 0 Å². The lowest BCUT2D eigenvalue weighted by molar-refractivity contribution is -0.137. The Morgan fingerprint density at radius 1 is 0.919 bits per heavy atom. The molecule has 1 unspecified atom stereocenters. The fourth-order valence-electron chi connectivity index (χ4n) is 5.23. The van der Waals surface area contributed by atoms with Crippen LogP contribution in [-0.2, 0) is 11.0 Å².